The molecular weight excluding hydrogens is 316 g/mol. The van der Waals surface area contributed by atoms with E-state index in [1.54, 1.807) is 13.2 Å². The van der Waals surface area contributed by atoms with Gasteiger partial charge in [-0.05, 0) is 24.6 Å². The molecule has 5 nitrogen and oxygen atoms in total. The van der Waals surface area contributed by atoms with Gasteiger partial charge in [-0.25, -0.2) is 0 Å². The van der Waals surface area contributed by atoms with Crippen molar-refractivity contribution in [1.29, 1.82) is 0 Å². The van der Waals surface area contributed by atoms with Crippen LogP contribution in [0, 0.1) is 0 Å². The number of carbonyl (C=O) groups excluding carboxylic acids is 1. The second kappa shape index (κ2) is 7.66. The van der Waals surface area contributed by atoms with Gasteiger partial charge in [-0.3, -0.25) is 4.79 Å². The van der Waals surface area contributed by atoms with Crippen molar-refractivity contribution in [3.05, 3.63) is 71.9 Å². The van der Waals surface area contributed by atoms with Gasteiger partial charge in [0, 0.05) is 11.6 Å². The van der Waals surface area contributed by atoms with Crippen LogP contribution in [0.15, 0.2) is 65.2 Å². The Bertz CT molecular complexity index is 843. The first-order chi connectivity index (χ1) is 12.2. The summed E-state index contributed by atoms with van der Waals surface area (Å²) >= 11 is 0. The summed E-state index contributed by atoms with van der Waals surface area (Å²) in [4.78, 5) is 12.2. The number of nitrogens with one attached hydrogen (secondary N) is 1. The van der Waals surface area contributed by atoms with E-state index in [-0.39, 0.29) is 18.4 Å². The molecular formula is C20H20N2O3. The van der Waals surface area contributed by atoms with Gasteiger partial charge in [-0.2, -0.15) is 0 Å². The SMILES string of the molecule is COc1cccc(-c2cc(CC(=O)NC(C)c3ccccc3)no2)c1. The number of nitrogens with zero attached hydrogens (tertiary/aromatic N) is 1. The Morgan fingerprint density at radius 3 is 2.72 bits per heavy atom. The number of ether oxygens (including phenoxy) is 1. The van der Waals surface area contributed by atoms with E-state index < -0.39 is 0 Å². The molecule has 0 radical (unpaired) electrons. The van der Waals surface area contributed by atoms with Crippen LogP contribution in [0.3, 0.4) is 0 Å². The highest BCUT2D eigenvalue weighted by Crippen LogP contribution is 2.24. The van der Waals surface area contributed by atoms with Gasteiger partial charge in [0.2, 0.25) is 5.91 Å². The summed E-state index contributed by atoms with van der Waals surface area (Å²) in [6.45, 7) is 1.96. The second-order valence-corrected chi connectivity index (χ2v) is 5.79. The topological polar surface area (TPSA) is 64.4 Å². The molecule has 0 aliphatic heterocycles. The Balaban J connectivity index is 1.63. The molecule has 3 aromatic rings. The van der Waals surface area contributed by atoms with E-state index in [0.717, 1.165) is 16.9 Å². The van der Waals surface area contributed by atoms with Crippen molar-refractivity contribution in [2.45, 2.75) is 19.4 Å². The number of methoxy groups -OCH3 is 1. The number of aromatic nitrogens is 1. The summed E-state index contributed by atoms with van der Waals surface area (Å²) in [5.41, 5.74) is 2.51. The third-order valence-corrected chi connectivity index (χ3v) is 3.93. The fourth-order valence-corrected chi connectivity index (χ4v) is 2.59. The number of rotatable bonds is 6. The average Bonchev–Trinajstić information content (AvgIpc) is 3.10. The van der Waals surface area contributed by atoms with E-state index in [1.807, 2.05) is 61.5 Å². The average molecular weight is 336 g/mol. The minimum atomic E-state index is -0.0955. The molecule has 1 amide bonds. The summed E-state index contributed by atoms with van der Waals surface area (Å²) in [6, 6.07) is 19.1. The lowest BCUT2D eigenvalue weighted by atomic mass is 10.1. The maximum absolute atomic E-state index is 12.2. The van der Waals surface area contributed by atoms with E-state index in [2.05, 4.69) is 10.5 Å². The first-order valence-corrected chi connectivity index (χ1v) is 8.10. The minimum absolute atomic E-state index is 0.0570. The van der Waals surface area contributed by atoms with Crippen LogP contribution >= 0.6 is 0 Å². The maximum Gasteiger partial charge on any atom is 0.226 e. The van der Waals surface area contributed by atoms with Crippen molar-refractivity contribution in [3.8, 4) is 17.1 Å². The maximum atomic E-state index is 12.2. The molecule has 0 aliphatic carbocycles. The number of hydrogen-bond donors (Lipinski definition) is 1. The highest BCUT2D eigenvalue weighted by molar-refractivity contribution is 5.79. The fourth-order valence-electron chi connectivity index (χ4n) is 2.59. The monoisotopic (exact) mass is 336 g/mol. The summed E-state index contributed by atoms with van der Waals surface area (Å²) in [6.07, 6.45) is 0.171. The highest BCUT2D eigenvalue weighted by Gasteiger charge is 2.13. The first-order valence-electron chi connectivity index (χ1n) is 8.10. The molecule has 0 saturated carbocycles. The molecule has 0 aliphatic rings. The molecule has 1 atom stereocenters. The summed E-state index contributed by atoms with van der Waals surface area (Å²) in [5.74, 6) is 1.25. The van der Waals surface area contributed by atoms with Crippen molar-refractivity contribution in [3.63, 3.8) is 0 Å². The van der Waals surface area contributed by atoms with Gasteiger partial charge < -0.3 is 14.6 Å². The molecule has 1 heterocycles. The van der Waals surface area contributed by atoms with Gasteiger partial charge in [0.25, 0.3) is 0 Å². The zero-order chi connectivity index (χ0) is 17.6. The lowest BCUT2D eigenvalue weighted by Gasteiger charge is -2.13. The predicted molar refractivity (Wildman–Crippen MR) is 95.2 cm³/mol. The van der Waals surface area contributed by atoms with Gasteiger partial charge in [0.05, 0.1) is 25.3 Å². The standard InChI is InChI=1S/C20H20N2O3/c1-14(15-7-4-3-5-8-15)21-20(23)13-17-12-19(25-22-17)16-9-6-10-18(11-16)24-2/h3-12,14H,13H2,1-2H3,(H,21,23). The first kappa shape index (κ1) is 16.8. The van der Waals surface area contributed by atoms with Crippen molar-refractivity contribution in [2.75, 3.05) is 7.11 Å². The zero-order valence-electron chi connectivity index (χ0n) is 14.2. The summed E-state index contributed by atoms with van der Waals surface area (Å²) < 4.78 is 10.6. The van der Waals surface area contributed by atoms with Gasteiger partial charge in [-0.1, -0.05) is 47.6 Å². The van der Waals surface area contributed by atoms with Crippen LogP contribution in [-0.2, 0) is 11.2 Å². The van der Waals surface area contributed by atoms with Crippen LogP contribution in [0.1, 0.15) is 24.2 Å². The molecule has 1 unspecified atom stereocenters. The van der Waals surface area contributed by atoms with Gasteiger partial charge >= 0.3 is 0 Å². The molecule has 25 heavy (non-hydrogen) atoms. The van der Waals surface area contributed by atoms with E-state index in [0.29, 0.717) is 11.5 Å². The summed E-state index contributed by atoms with van der Waals surface area (Å²) in [5, 5.41) is 6.96. The Hall–Kier alpha value is -3.08. The molecule has 1 aromatic heterocycles. The van der Waals surface area contributed by atoms with Gasteiger partial charge in [0.1, 0.15) is 5.75 Å². The van der Waals surface area contributed by atoms with Crippen LogP contribution in [-0.4, -0.2) is 18.2 Å². The highest BCUT2D eigenvalue weighted by atomic mass is 16.5. The smallest absolute Gasteiger partial charge is 0.226 e. The van der Waals surface area contributed by atoms with Crippen molar-refractivity contribution in [1.82, 2.24) is 10.5 Å². The number of amides is 1. The molecule has 128 valence electrons. The second-order valence-electron chi connectivity index (χ2n) is 5.79. The third kappa shape index (κ3) is 4.26. The molecule has 0 spiro atoms. The quantitative estimate of drug-likeness (QED) is 0.744. The van der Waals surface area contributed by atoms with Gasteiger partial charge in [0.15, 0.2) is 5.76 Å². The van der Waals surface area contributed by atoms with E-state index >= 15 is 0 Å². The molecule has 3 rings (SSSR count). The van der Waals surface area contributed by atoms with Crippen LogP contribution in [0.2, 0.25) is 0 Å². The largest absolute Gasteiger partial charge is 0.497 e. The number of carbonyl (C=O) groups is 1. The normalized spacial score (nSPS) is 11.8. The van der Waals surface area contributed by atoms with E-state index in [9.17, 15) is 4.79 Å². The molecule has 5 heteroatoms. The number of hydrogen-bond acceptors (Lipinski definition) is 4. The third-order valence-electron chi connectivity index (χ3n) is 3.93. The number of benzene rings is 2. The molecule has 0 fully saturated rings. The van der Waals surface area contributed by atoms with Crippen LogP contribution in [0.25, 0.3) is 11.3 Å². The van der Waals surface area contributed by atoms with Crippen molar-refractivity contribution < 1.29 is 14.1 Å². The lowest BCUT2D eigenvalue weighted by molar-refractivity contribution is -0.121. The predicted octanol–water partition coefficient (Wildman–Crippen LogP) is 3.77. The molecule has 0 bridgehead atoms. The van der Waals surface area contributed by atoms with Crippen LogP contribution in [0.5, 0.6) is 5.75 Å². The van der Waals surface area contributed by atoms with Crippen LogP contribution in [0.4, 0.5) is 0 Å². The van der Waals surface area contributed by atoms with Gasteiger partial charge in [-0.15, -0.1) is 0 Å². The van der Waals surface area contributed by atoms with E-state index in [4.69, 9.17) is 9.26 Å². The minimum Gasteiger partial charge on any atom is -0.497 e. The fraction of sp³-hybridized carbons (Fsp3) is 0.200. The van der Waals surface area contributed by atoms with E-state index in [1.165, 1.54) is 0 Å². The van der Waals surface area contributed by atoms with Crippen LogP contribution < -0.4 is 10.1 Å². The zero-order valence-corrected chi connectivity index (χ0v) is 14.2. The Kier molecular flexibility index (Phi) is 5.14. The molecule has 1 N–H and O–H groups in total. The molecule has 0 saturated heterocycles. The van der Waals surface area contributed by atoms with Crippen molar-refractivity contribution >= 4 is 5.91 Å². The Morgan fingerprint density at radius 2 is 1.96 bits per heavy atom. The summed E-state index contributed by atoms with van der Waals surface area (Å²) in [7, 11) is 1.61. The van der Waals surface area contributed by atoms with Crippen molar-refractivity contribution in [2.24, 2.45) is 0 Å². The Morgan fingerprint density at radius 1 is 1.16 bits per heavy atom. The lowest BCUT2D eigenvalue weighted by Crippen LogP contribution is -2.28. The molecule has 2 aromatic carbocycles. The Labute approximate surface area is 146 Å².